The zero-order chi connectivity index (χ0) is 10.6. The van der Waals surface area contributed by atoms with Crippen molar-refractivity contribution in [2.75, 3.05) is 7.11 Å². The van der Waals surface area contributed by atoms with Gasteiger partial charge in [-0.25, -0.2) is 4.39 Å². The third kappa shape index (κ3) is 3.10. The lowest BCUT2D eigenvalue weighted by Gasteiger charge is -2.02. The molecule has 0 aliphatic carbocycles. The monoisotopic (exact) mass is 260 g/mol. The molecule has 14 heavy (non-hydrogen) atoms. The lowest BCUT2D eigenvalue weighted by molar-refractivity contribution is -0.140. The van der Waals surface area contributed by atoms with Gasteiger partial charge in [-0.05, 0) is 24.1 Å². The molecule has 4 heteroatoms. The predicted molar refractivity (Wildman–Crippen MR) is 54.4 cm³/mol. The molecular formula is C10H10BrFO2. The van der Waals surface area contributed by atoms with E-state index in [2.05, 4.69) is 20.7 Å². The van der Waals surface area contributed by atoms with Crippen LogP contribution in [0.3, 0.4) is 0 Å². The summed E-state index contributed by atoms with van der Waals surface area (Å²) in [5.41, 5.74) is 0.526. The van der Waals surface area contributed by atoms with Crippen molar-refractivity contribution in [1.29, 1.82) is 0 Å². The number of ether oxygens (including phenoxy) is 1. The fourth-order valence-electron chi connectivity index (χ4n) is 1.06. The second-order valence-corrected chi connectivity index (χ2v) is 3.73. The molecule has 0 radical (unpaired) electrons. The molecule has 0 saturated heterocycles. The molecule has 1 aromatic carbocycles. The van der Waals surface area contributed by atoms with Crippen molar-refractivity contribution in [2.24, 2.45) is 0 Å². The van der Waals surface area contributed by atoms with E-state index in [0.29, 0.717) is 16.5 Å². The molecule has 0 unspecified atom stereocenters. The Morgan fingerprint density at radius 2 is 2.29 bits per heavy atom. The van der Waals surface area contributed by atoms with Gasteiger partial charge in [0.25, 0.3) is 0 Å². The fraction of sp³-hybridized carbons (Fsp3) is 0.300. The summed E-state index contributed by atoms with van der Waals surface area (Å²) in [6, 6.07) is 4.78. The Balaban J connectivity index is 2.63. The molecule has 1 rings (SSSR count). The minimum atomic E-state index is -0.327. The summed E-state index contributed by atoms with van der Waals surface area (Å²) in [4.78, 5) is 10.8. The third-order valence-corrected chi connectivity index (χ3v) is 2.33. The third-order valence-electron chi connectivity index (χ3n) is 1.84. The second-order valence-electron chi connectivity index (χ2n) is 2.81. The highest BCUT2D eigenvalue weighted by molar-refractivity contribution is 9.10. The quantitative estimate of drug-likeness (QED) is 0.782. The van der Waals surface area contributed by atoms with Crippen molar-refractivity contribution < 1.29 is 13.9 Å². The molecule has 1 aromatic rings. The van der Waals surface area contributed by atoms with Gasteiger partial charge in [0, 0.05) is 10.9 Å². The van der Waals surface area contributed by atoms with Gasteiger partial charge in [0.2, 0.25) is 0 Å². The number of methoxy groups -OCH3 is 1. The van der Waals surface area contributed by atoms with Crippen LogP contribution in [0.5, 0.6) is 0 Å². The summed E-state index contributed by atoms with van der Waals surface area (Å²) < 4.78 is 18.4. The highest BCUT2D eigenvalue weighted by Gasteiger charge is 2.06. The van der Waals surface area contributed by atoms with Gasteiger partial charge in [0.15, 0.2) is 0 Å². The Morgan fingerprint density at radius 1 is 1.57 bits per heavy atom. The molecule has 0 saturated carbocycles. The maximum absolute atomic E-state index is 13.2. The summed E-state index contributed by atoms with van der Waals surface area (Å²) in [6.07, 6.45) is 0.570. The van der Waals surface area contributed by atoms with Crippen molar-refractivity contribution in [3.8, 4) is 0 Å². The number of carbonyl (C=O) groups excluding carboxylic acids is 1. The Hall–Kier alpha value is -0.900. The van der Waals surface area contributed by atoms with E-state index in [9.17, 15) is 9.18 Å². The highest BCUT2D eigenvalue weighted by atomic mass is 79.9. The molecular weight excluding hydrogens is 251 g/mol. The average Bonchev–Trinajstić information content (AvgIpc) is 2.16. The SMILES string of the molecule is COC(=O)CCc1ccc(Br)cc1F. The van der Waals surface area contributed by atoms with Gasteiger partial charge in [-0.2, -0.15) is 0 Å². The van der Waals surface area contributed by atoms with Gasteiger partial charge in [0.1, 0.15) is 5.82 Å². The van der Waals surface area contributed by atoms with Gasteiger partial charge in [-0.1, -0.05) is 22.0 Å². The van der Waals surface area contributed by atoms with E-state index in [-0.39, 0.29) is 18.2 Å². The predicted octanol–water partition coefficient (Wildman–Crippen LogP) is 2.69. The van der Waals surface area contributed by atoms with E-state index >= 15 is 0 Å². The summed E-state index contributed by atoms with van der Waals surface area (Å²) in [5, 5.41) is 0. The lowest BCUT2D eigenvalue weighted by atomic mass is 10.1. The fourth-order valence-corrected chi connectivity index (χ4v) is 1.40. The van der Waals surface area contributed by atoms with Gasteiger partial charge < -0.3 is 4.74 Å². The first-order valence-electron chi connectivity index (χ1n) is 4.14. The molecule has 0 fully saturated rings. The van der Waals surface area contributed by atoms with Crippen molar-refractivity contribution in [3.63, 3.8) is 0 Å². The van der Waals surface area contributed by atoms with Gasteiger partial charge in [0.05, 0.1) is 7.11 Å². The van der Waals surface area contributed by atoms with Gasteiger partial charge in [-0.15, -0.1) is 0 Å². The number of rotatable bonds is 3. The number of carbonyl (C=O) groups is 1. The van der Waals surface area contributed by atoms with E-state index in [4.69, 9.17) is 0 Å². The van der Waals surface area contributed by atoms with Crippen LogP contribution in [-0.4, -0.2) is 13.1 Å². The van der Waals surface area contributed by atoms with Crippen molar-refractivity contribution >= 4 is 21.9 Å². The number of benzene rings is 1. The van der Waals surface area contributed by atoms with E-state index in [1.54, 1.807) is 12.1 Å². The number of esters is 1. The first-order chi connectivity index (χ1) is 6.63. The molecule has 0 aliphatic heterocycles. The van der Waals surface area contributed by atoms with Crippen LogP contribution in [0.4, 0.5) is 4.39 Å². The number of hydrogen-bond donors (Lipinski definition) is 0. The zero-order valence-corrected chi connectivity index (χ0v) is 9.30. The minimum Gasteiger partial charge on any atom is -0.469 e. The largest absolute Gasteiger partial charge is 0.469 e. The molecule has 0 N–H and O–H groups in total. The molecule has 76 valence electrons. The first-order valence-corrected chi connectivity index (χ1v) is 4.93. The molecule has 0 atom stereocenters. The molecule has 0 spiro atoms. The average molecular weight is 261 g/mol. The summed E-state index contributed by atoms with van der Waals surface area (Å²) in [5.74, 6) is -0.629. The summed E-state index contributed by atoms with van der Waals surface area (Å²) >= 11 is 3.16. The van der Waals surface area contributed by atoms with Gasteiger partial charge >= 0.3 is 5.97 Å². The Kier molecular flexibility index (Phi) is 4.07. The maximum atomic E-state index is 13.2. The van der Waals surface area contributed by atoms with E-state index in [1.807, 2.05) is 0 Å². The zero-order valence-electron chi connectivity index (χ0n) is 7.72. The van der Waals surface area contributed by atoms with Crippen molar-refractivity contribution in [1.82, 2.24) is 0 Å². The minimum absolute atomic E-state index is 0.203. The van der Waals surface area contributed by atoms with Crippen LogP contribution in [0.2, 0.25) is 0 Å². The van der Waals surface area contributed by atoms with Crippen LogP contribution >= 0.6 is 15.9 Å². The number of halogens is 2. The highest BCUT2D eigenvalue weighted by Crippen LogP contribution is 2.16. The molecule has 0 heterocycles. The molecule has 0 bridgehead atoms. The van der Waals surface area contributed by atoms with Gasteiger partial charge in [-0.3, -0.25) is 4.79 Å². The van der Waals surface area contributed by atoms with E-state index < -0.39 is 0 Å². The Bertz CT molecular complexity index is 339. The van der Waals surface area contributed by atoms with Crippen molar-refractivity contribution in [3.05, 3.63) is 34.1 Å². The van der Waals surface area contributed by atoms with Crippen molar-refractivity contribution in [2.45, 2.75) is 12.8 Å². The Labute approximate surface area is 90.2 Å². The normalized spacial score (nSPS) is 9.93. The molecule has 0 aromatic heterocycles. The van der Waals surface area contributed by atoms with Crippen LogP contribution in [0.25, 0.3) is 0 Å². The molecule has 0 aliphatic rings. The van der Waals surface area contributed by atoms with Crippen LogP contribution in [-0.2, 0) is 16.0 Å². The summed E-state index contributed by atoms with van der Waals surface area (Å²) in [6.45, 7) is 0. The first kappa shape index (κ1) is 11.2. The standard InChI is InChI=1S/C10H10BrFO2/c1-14-10(13)5-3-7-2-4-8(11)6-9(7)12/h2,4,6H,3,5H2,1H3. The smallest absolute Gasteiger partial charge is 0.305 e. The van der Waals surface area contributed by atoms with Crippen LogP contribution in [0.1, 0.15) is 12.0 Å². The number of aryl methyl sites for hydroxylation is 1. The number of hydrogen-bond acceptors (Lipinski definition) is 2. The maximum Gasteiger partial charge on any atom is 0.305 e. The summed E-state index contributed by atoms with van der Waals surface area (Å²) in [7, 11) is 1.32. The van der Waals surface area contributed by atoms with Crippen LogP contribution in [0.15, 0.2) is 22.7 Å². The lowest BCUT2D eigenvalue weighted by Crippen LogP contribution is -2.02. The van der Waals surface area contributed by atoms with Crippen LogP contribution in [0, 0.1) is 5.82 Å². The second kappa shape index (κ2) is 5.10. The van der Waals surface area contributed by atoms with Crippen LogP contribution < -0.4 is 0 Å². The molecule has 0 amide bonds. The molecule has 2 nitrogen and oxygen atoms in total. The Morgan fingerprint density at radius 3 is 2.86 bits per heavy atom. The van der Waals surface area contributed by atoms with E-state index in [0.717, 1.165) is 0 Å². The topological polar surface area (TPSA) is 26.3 Å². The van der Waals surface area contributed by atoms with E-state index in [1.165, 1.54) is 13.2 Å².